The third-order valence-corrected chi connectivity index (χ3v) is 4.67. The normalized spacial score (nSPS) is 29.7. The molecular weight excluding hydrogens is 234 g/mol. The minimum atomic E-state index is 0.148. The molecule has 0 aromatic heterocycles. The number of hydrogen-bond acceptors (Lipinski definition) is 2. The molecule has 2 nitrogen and oxygen atoms in total. The van der Waals surface area contributed by atoms with Crippen LogP contribution in [0.2, 0.25) is 0 Å². The van der Waals surface area contributed by atoms with Crippen LogP contribution in [-0.2, 0) is 5.41 Å². The Labute approximate surface area is 115 Å². The number of ketones is 1. The summed E-state index contributed by atoms with van der Waals surface area (Å²) in [5.74, 6) is 0.541. The van der Waals surface area contributed by atoms with Gasteiger partial charge in [-0.25, -0.2) is 0 Å². The van der Waals surface area contributed by atoms with E-state index in [1.807, 2.05) is 12.1 Å². The number of rotatable bonds is 2. The first-order chi connectivity index (χ1) is 8.95. The van der Waals surface area contributed by atoms with Gasteiger partial charge in [0.05, 0.1) is 0 Å². The first-order valence-corrected chi connectivity index (χ1v) is 7.36. The van der Waals surface area contributed by atoms with Crippen molar-refractivity contribution in [3.8, 4) is 0 Å². The smallest absolute Gasteiger partial charge is 0.167 e. The molecule has 2 fully saturated rings. The number of benzene rings is 1. The van der Waals surface area contributed by atoms with Gasteiger partial charge in [0.15, 0.2) is 5.78 Å². The topological polar surface area (TPSA) is 29.1 Å². The molecule has 2 heteroatoms. The summed E-state index contributed by atoms with van der Waals surface area (Å²) in [4.78, 5) is 12.6. The van der Waals surface area contributed by atoms with E-state index in [0.29, 0.717) is 17.9 Å². The quantitative estimate of drug-likeness (QED) is 0.824. The highest BCUT2D eigenvalue weighted by atomic mass is 16.1. The van der Waals surface area contributed by atoms with Gasteiger partial charge in [0.2, 0.25) is 0 Å². The van der Waals surface area contributed by atoms with Gasteiger partial charge < -0.3 is 5.32 Å². The van der Waals surface area contributed by atoms with Crippen molar-refractivity contribution in [3.63, 3.8) is 0 Å². The number of carbonyl (C=O) groups is 1. The second-order valence-electron chi connectivity index (χ2n) is 7.08. The van der Waals surface area contributed by atoms with Gasteiger partial charge in [-0.3, -0.25) is 4.79 Å². The molecular formula is C17H23NO. The van der Waals surface area contributed by atoms with E-state index < -0.39 is 0 Å². The zero-order valence-electron chi connectivity index (χ0n) is 12.1. The average Bonchev–Trinajstić information content (AvgIpc) is 2.99. The van der Waals surface area contributed by atoms with Crippen LogP contribution in [0.4, 0.5) is 0 Å². The third kappa shape index (κ3) is 2.34. The van der Waals surface area contributed by atoms with Crippen LogP contribution in [0.1, 0.15) is 56.0 Å². The van der Waals surface area contributed by atoms with Crippen LogP contribution < -0.4 is 5.32 Å². The van der Waals surface area contributed by atoms with Crippen LogP contribution in [0.15, 0.2) is 24.3 Å². The highest BCUT2D eigenvalue weighted by Gasteiger charge is 2.42. The van der Waals surface area contributed by atoms with Gasteiger partial charge in [0, 0.05) is 23.6 Å². The molecule has 0 saturated carbocycles. The Bertz CT molecular complexity index is 483. The molecule has 19 heavy (non-hydrogen) atoms. The Morgan fingerprint density at radius 3 is 2.32 bits per heavy atom. The van der Waals surface area contributed by atoms with Crippen molar-refractivity contribution in [2.75, 3.05) is 0 Å². The maximum atomic E-state index is 12.6. The van der Waals surface area contributed by atoms with E-state index in [1.165, 1.54) is 18.4 Å². The number of hydrogen-bond donors (Lipinski definition) is 1. The SMILES string of the molecule is CC(C)(C)c1ccc(C(=O)C2CC3CCC2N3)cc1. The van der Waals surface area contributed by atoms with Gasteiger partial charge in [-0.15, -0.1) is 0 Å². The predicted octanol–water partition coefficient (Wildman–Crippen LogP) is 3.31. The summed E-state index contributed by atoms with van der Waals surface area (Å²) >= 11 is 0. The molecule has 1 aromatic carbocycles. The van der Waals surface area contributed by atoms with Gasteiger partial charge in [-0.05, 0) is 30.2 Å². The lowest BCUT2D eigenvalue weighted by Crippen LogP contribution is -2.28. The molecule has 3 unspecified atom stereocenters. The Morgan fingerprint density at radius 2 is 1.84 bits per heavy atom. The molecule has 3 atom stereocenters. The summed E-state index contributed by atoms with van der Waals surface area (Å²) < 4.78 is 0. The highest BCUT2D eigenvalue weighted by molar-refractivity contribution is 5.98. The van der Waals surface area contributed by atoms with E-state index in [-0.39, 0.29) is 11.3 Å². The fraction of sp³-hybridized carbons (Fsp3) is 0.588. The molecule has 102 valence electrons. The number of nitrogens with one attached hydrogen (secondary N) is 1. The Balaban J connectivity index is 1.77. The van der Waals surface area contributed by atoms with Crippen LogP contribution in [-0.4, -0.2) is 17.9 Å². The lowest BCUT2D eigenvalue weighted by atomic mass is 9.82. The van der Waals surface area contributed by atoms with Crippen molar-refractivity contribution >= 4 is 5.78 Å². The molecule has 2 heterocycles. The van der Waals surface area contributed by atoms with E-state index >= 15 is 0 Å². The predicted molar refractivity (Wildman–Crippen MR) is 77.5 cm³/mol. The molecule has 2 aliphatic rings. The summed E-state index contributed by atoms with van der Waals surface area (Å²) in [6, 6.07) is 9.25. The molecule has 0 spiro atoms. The van der Waals surface area contributed by atoms with Gasteiger partial charge in [-0.2, -0.15) is 0 Å². The molecule has 1 aromatic rings. The van der Waals surface area contributed by atoms with Crippen LogP contribution in [0.5, 0.6) is 0 Å². The molecule has 2 bridgehead atoms. The first-order valence-electron chi connectivity index (χ1n) is 7.36. The lowest BCUT2D eigenvalue weighted by Gasteiger charge is -2.21. The van der Waals surface area contributed by atoms with Gasteiger partial charge >= 0.3 is 0 Å². The first kappa shape index (κ1) is 12.9. The highest BCUT2D eigenvalue weighted by Crippen LogP contribution is 2.35. The Morgan fingerprint density at radius 1 is 1.16 bits per heavy atom. The molecule has 1 N–H and O–H groups in total. The molecule has 2 saturated heterocycles. The van der Waals surface area contributed by atoms with Crippen molar-refractivity contribution in [2.45, 2.75) is 57.5 Å². The lowest BCUT2D eigenvalue weighted by molar-refractivity contribution is 0.0901. The molecule has 2 aliphatic heterocycles. The van der Waals surface area contributed by atoms with Crippen LogP contribution >= 0.6 is 0 Å². The standard InChI is InChI=1S/C17H23NO/c1-17(2,3)12-6-4-11(5-7-12)16(19)14-10-13-8-9-15(14)18-13/h4-7,13-15,18H,8-10H2,1-3H3. The number of Topliss-reactive ketones (excluding diaryl/α,β-unsaturated/α-hetero) is 1. The van der Waals surface area contributed by atoms with Gasteiger partial charge in [0.1, 0.15) is 0 Å². The van der Waals surface area contributed by atoms with E-state index in [2.05, 4.69) is 38.2 Å². The largest absolute Gasteiger partial charge is 0.310 e. The van der Waals surface area contributed by atoms with Crippen LogP contribution in [0, 0.1) is 5.92 Å². The summed E-state index contributed by atoms with van der Waals surface area (Å²) in [5, 5.41) is 3.54. The molecule has 0 radical (unpaired) electrons. The van der Waals surface area contributed by atoms with Crippen molar-refractivity contribution in [1.82, 2.24) is 5.32 Å². The van der Waals surface area contributed by atoms with E-state index in [0.717, 1.165) is 12.0 Å². The van der Waals surface area contributed by atoms with Crippen molar-refractivity contribution in [3.05, 3.63) is 35.4 Å². The molecule has 3 rings (SSSR count). The maximum Gasteiger partial charge on any atom is 0.167 e. The number of carbonyl (C=O) groups excluding carboxylic acids is 1. The number of fused-ring (bicyclic) bond motifs is 2. The third-order valence-electron chi connectivity index (χ3n) is 4.67. The second kappa shape index (κ2) is 4.45. The second-order valence-corrected chi connectivity index (χ2v) is 7.08. The minimum Gasteiger partial charge on any atom is -0.310 e. The van der Waals surface area contributed by atoms with Crippen LogP contribution in [0.3, 0.4) is 0 Å². The van der Waals surface area contributed by atoms with E-state index in [1.54, 1.807) is 0 Å². The Hall–Kier alpha value is -1.15. The monoisotopic (exact) mass is 257 g/mol. The zero-order valence-corrected chi connectivity index (χ0v) is 12.1. The van der Waals surface area contributed by atoms with Crippen LogP contribution in [0.25, 0.3) is 0 Å². The van der Waals surface area contributed by atoms with Crippen molar-refractivity contribution in [2.24, 2.45) is 5.92 Å². The van der Waals surface area contributed by atoms with Crippen molar-refractivity contribution < 1.29 is 4.79 Å². The average molecular weight is 257 g/mol. The minimum absolute atomic E-state index is 0.148. The summed E-state index contributed by atoms with van der Waals surface area (Å²) in [6.07, 6.45) is 3.45. The fourth-order valence-electron chi connectivity index (χ4n) is 3.46. The fourth-order valence-corrected chi connectivity index (χ4v) is 3.46. The van der Waals surface area contributed by atoms with Crippen molar-refractivity contribution in [1.29, 1.82) is 0 Å². The van der Waals surface area contributed by atoms with E-state index in [9.17, 15) is 4.79 Å². The van der Waals surface area contributed by atoms with Gasteiger partial charge in [-0.1, -0.05) is 45.0 Å². The molecule has 0 aliphatic carbocycles. The zero-order chi connectivity index (χ0) is 13.6. The molecule has 0 amide bonds. The summed E-state index contributed by atoms with van der Waals surface area (Å²) in [6.45, 7) is 6.59. The summed E-state index contributed by atoms with van der Waals surface area (Å²) in [5.41, 5.74) is 2.32. The Kier molecular flexibility index (Phi) is 3.01. The summed E-state index contributed by atoms with van der Waals surface area (Å²) in [7, 11) is 0. The van der Waals surface area contributed by atoms with E-state index in [4.69, 9.17) is 0 Å². The maximum absolute atomic E-state index is 12.6. The van der Waals surface area contributed by atoms with Gasteiger partial charge in [0.25, 0.3) is 0 Å².